The highest BCUT2D eigenvalue weighted by molar-refractivity contribution is 7.17. The topological polar surface area (TPSA) is 0 Å². The summed E-state index contributed by atoms with van der Waals surface area (Å²) in [5.74, 6) is 0. The van der Waals surface area contributed by atoms with E-state index in [1.54, 1.807) is 0 Å². The molecule has 11 aliphatic carbocycles. The standard InChI is InChI=1S/7C4H8.4C3H6.10C2H6.8CH4.B3.B2.B.H2/c7*1-2-4-3-1;4*1-2-3-1;10*1-2;;;;;;;;;1-3-2;1-2;;/h7*1-4H2;4*1-3H2;10*1-2H3;8*1H4;;;;1H/i;;;;;;;;;;;;;;;;;;;;;;;;;;;;;;;;1+2. The summed E-state index contributed by atoms with van der Waals surface area (Å²) in [6.45, 7) is 40.0. The first-order chi connectivity index (χ1) is 32.4. The average molecular weight is 1060 g/mol. The molecule has 0 aliphatic heterocycles. The highest BCUT2D eigenvalue weighted by atomic mass is 14.0. The molecule has 0 bridgehead atoms. The van der Waals surface area contributed by atoms with Gasteiger partial charge < -0.3 is 0 Å². The summed E-state index contributed by atoms with van der Waals surface area (Å²) in [4.78, 5) is 0. The van der Waals surface area contributed by atoms with Gasteiger partial charge in [0.15, 0.2) is 0 Å². The Labute approximate surface area is 500 Å². The fourth-order valence-electron chi connectivity index (χ4n) is 1.75. The van der Waals surface area contributed by atoms with Gasteiger partial charge in [0.1, 0.15) is 0 Å². The highest BCUT2D eigenvalue weighted by Gasteiger charge is 1.98. The van der Waals surface area contributed by atoms with Gasteiger partial charge in [-0.3, -0.25) is 0 Å². The zero-order valence-electron chi connectivity index (χ0n) is 51.7. The minimum absolute atomic E-state index is 0. The van der Waals surface area contributed by atoms with Crippen LogP contribution in [0.1, 0.15) is 456 Å². The Balaban J connectivity index is -0.0000000196. The molecule has 0 aromatic carbocycles. The van der Waals surface area contributed by atoms with E-state index in [4.69, 9.17) is 0 Å². The Kier molecular flexibility index (Phi) is 426. The molecule has 0 N–H and O–H groups in total. The SMILES string of the molecule is C.C.C.C.C.C.C.C.C1CC1.C1CC1.C1CC1.C1CC1.C1CCC1.C1CCC1.C1CCC1.C1CCC1.C1CCC1.C1CCC1.C1CCC1.CC.CC.CC.CC.CC.CC.CC.CC.CC.CC.[3HH].[B].[B][B].[B][B][B]. The molecule has 74 heavy (non-hydrogen) atoms. The smallest absolute Gasteiger partial charge is 0 e. The van der Waals surface area contributed by atoms with E-state index in [1.807, 2.05) is 138 Å². The van der Waals surface area contributed by atoms with E-state index in [2.05, 4.69) is 30.9 Å². The quantitative estimate of drug-likeness (QED) is 0.212. The van der Waals surface area contributed by atoms with Gasteiger partial charge in [0, 0.05) is 47.8 Å². The average Bonchev–Trinajstić information content (AvgIpc) is 4.05. The molecule has 0 heterocycles. The van der Waals surface area contributed by atoms with Crippen molar-refractivity contribution in [2.24, 2.45) is 0 Å². The van der Waals surface area contributed by atoms with Crippen LogP contribution < -0.4 is 0 Å². The molecule has 0 atom stereocenters. The van der Waals surface area contributed by atoms with Crippen LogP contribution >= 0.6 is 0 Å². The molecule has 0 aromatic heterocycles. The molecular formula is C68H174B6. The molecule has 6 heteroatoms. The zero-order valence-corrected chi connectivity index (χ0v) is 51.7. The molecule has 0 aromatic rings. The van der Waals surface area contributed by atoms with Crippen LogP contribution in [-0.4, -0.2) is 46.4 Å². The molecule has 12 radical (unpaired) electrons. The van der Waals surface area contributed by atoms with E-state index in [9.17, 15) is 0 Å². The molecule has 0 amide bonds. The summed E-state index contributed by atoms with van der Waals surface area (Å²) in [5, 5.41) is 0. The van der Waals surface area contributed by atoms with Crippen LogP contribution in [0.5, 0.6) is 0 Å². The molecule has 0 spiro atoms. The normalized spacial score (nSPS) is 14.0. The van der Waals surface area contributed by atoms with Crippen molar-refractivity contribution in [2.45, 2.75) is 455 Å². The van der Waals surface area contributed by atoms with E-state index in [-0.39, 0.29) is 69.3 Å². The van der Waals surface area contributed by atoms with Gasteiger partial charge in [0.05, 0.1) is 0 Å². The summed E-state index contributed by atoms with van der Waals surface area (Å²) in [6.07, 6.45) is 60.0. The van der Waals surface area contributed by atoms with Gasteiger partial charge in [-0.2, -0.15) is 0 Å². The monoisotopic (exact) mass is 1060 g/mol. The predicted octanol–water partition coefficient (Wildman–Crippen LogP) is 28.9. The highest BCUT2D eigenvalue weighted by Crippen LogP contribution is 2.18. The molecule has 464 valence electrons. The Hall–Kier alpha value is 0.390. The predicted molar refractivity (Wildman–Crippen MR) is 389 cm³/mol. The van der Waals surface area contributed by atoms with Gasteiger partial charge in [-0.05, 0) is 0 Å². The van der Waals surface area contributed by atoms with E-state index < -0.39 is 0 Å². The van der Waals surface area contributed by atoms with Gasteiger partial charge in [-0.25, -0.2) is 0 Å². The van der Waals surface area contributed by atoms with Gasteiger partial charge >= 0.3 is 0 Å². The summed E-state index contributed by atoms with van der Waals surface area (Å²) < 4.78 is 0. The lowest BCUT2D eigenvalue weighted by Crippen LogP contribution is -1.85. The summed E-state index contributed by atoms with van der Waals surface area (Å²) in [7, 11) is 18.0. The number of hydrogen-bond donors (Lipinski definition) is 0. The van der Waals surface area contributed by atoms with Crippen molar-refractivity contribution in [3.8, 4) is 0 Å². The summed E-state index contributed by atoms with van der Waals surface area (Å²) in [5.41, 5.74) is 0. The van der Waals surface area contributed by atoms with Crippen LogP contribution in [0.3, 0.4) is 0 Å². The maximum Gasteiger partial charge on any atom is 0 e. The molecule has 11 aliphatic rings. The minimum Gasteiger partial charge on any atom is -0.0776 e. The van der Waals surface area contributed by atoms with E-state index >= 15 is 0 Å². The summed E-state index contributed by atoms with van der Waals surface area (Å²) >= 11 is 0. The molecule has 11 saturated carbocycles. The lowest BCUT2D eigenvalue weighted by molar-refractivity contribution is 0.504. The largest absolute Gasteiger partial charge is 0.0776 e. The van der Waals surface area contributed by atoms with Crippen LogP contribution in [0.25, 0.3) is 0 Å². The molecule has 0 saturated heterocycles. The van der Waals surface area contributed by atoms with Crippen molar-refractivity contribution in [3.63, 3.8) is 0 Å². The van der Waals surface area contributed by atoms with Crippen molar-refractivity contribution in [2.75, 3.05) is 0 Å². The van der Waals surface area contributed by atoms with Gasteiger partial charge in [-0.1, -0.05) is 455 Å². The molecule has 0 nitrogen and oxygen atoms in total. The van der Waals surface area contributed by atoms with Crippen LogP contribution in [-0.2, 0) is 0 Å². The van der Waals surface area contributed by atoms with Crippen molar-refractivity contribution in [1.82, 2.24) is 0 Å². The van der Waals surface area contributed by atoms with Crippen molar-refractivity contribution in [3.05, 3.63) is 0 Å². The summed E-state index contributed by atoms with van der Waals surface area (Å²) in [6, 6.07) is 0. The van der Waals surface area contributed by atoms with E-state index in [1.165, 1.54) is 257 Å². The molecule has 0 unspecified atom stereocenters. The molecule has 11 rings (SSSR count). The van der Waals surface area contributed by atoms with Gasteiger partial charge in [0.2, 0.25) is 0 Å². The second-order valence-electron chi connectivity index (χ2n) is 14.3. The maximum atomic E-state index is 4.50. The fourth-order valence-corrected chi connectivity index (χ4v) is 1.75. The van der Waals surface area contributed by atoms with Gasteiger partial charge in [0.25, 0.3) is 0 Å². The zero-order chi connectivity index (χ0) is 53.0. The maximum absolute atomic E-state index is 4.50. The van der Waals surface area contributed by atoms with Crippen LogP contribution in [0.4, 0.5) is 0 Å². The first kappa shape index (κ1) is 141. The van der Waals surface area contributed by atoms with Crippen molar-refractivity contribution >= 4 is 46.4 Å². The third-order valence-corrected chi connectivity index (χ3v) is 8.41. The third kappa shape index (κ3) is 352. The van der Waals surface area contributed by atoms with Crippen LogP contribution in [0.15, 0.2) is 0 Å². The Morgan fingerprint density at radius 3 is 0.176 bits per heavy atom. The number of hydrogen-bond acceptors (Lipinski definition) is 0. The van der Waals surface area contributed by atoms with Gasteiger partial charge in [-0.15, -0.1) is 0 Å². The molecular weight excluding hydrogens is 882 g/mol. The van der Waals surface area contributed by atoms with Crippen LogP contribution in [0.2, 0.25) is 0 Å². The third-order valence-electron chi connectivity index (χ3n) is 8.41. The van der Waals surface area contributed by atoms with Crippen molar-refractivity contribution < 1.29 is 1.43 Å². The second kappa shape index (κ2) is 224. The van der Waals surface area contributed by atoms with Crippen LogP contribution in [0, 0.1) is 0 Å². The number of rotatable bonds is 0. The lowest BCUT2D eigenvalue weighted by Gasteiger charge is -2.05. The molecule has 11 fully saturated rings. The van der Waals surface area contributed by atoms with E-state index in [0.29, 0.717) is 0 Å². The fraction of sp³-hybridized carbons (Fsp3) is 1.00. The first-order valence-electron chi connectivity index (χ1n) is 31.0. The minimum atomic E-state index is 0. The van der Waals surface area contributed by atoms with Crippen molar-refractivity contribution in [1.29, 1.82) is 0 Å². The van der Waals surface area contributed by atoms with E-state index in [0.717, 1.165) is 7.06 Å². The Morgan fingerprint density at radius 2 is 0.176 bits per heavy atom. The lowest BCUT2D eigenvalue weighted by atomic mass is 9.40. The Morgan fingerprint density at radius 1 is 0.162 bits per heavy atom. The Bertz CT molecular complexity index is 299. The second-order valence-corrected chi connectivity index (χ2v) is 14.3. The first-order valence-corrected chi connectivity index (χ1v) is 31.0.